The van der Waals surface area contributed by atoms with E-state index in [-0.39, 0.29) is 12.5 Å². The van der Waals surface area contributed by atoms with Crippen molar-refractivity contribution in [1.82, 2.24) is 9.97 Å². The summed E-state index contributed by atoms with van der Waals surface area (Å²) in [5.41, 5.74) is 6.29. The fourth-order valence-electron chi connectivity index (χ4n) is 3.82. The minimum absolute atomic E-state index is 0.108. The molecule has 0 bridgehead atoms. The highest BCUT2D eigenvalue weighted by molar-refractivity contribution is 6.04. The summed E-state index contributed by atoms with van der Waals surface area (Å²) in [6.45, 7) is 4.11. The zero-order valence-electron chi connectivity index (χ0n) is 21.2. The normalized spacial score (nSPS) is 10.2. The van der Waals surface area contributed by atoms with Gasteiger partial charge in [-0.2, -0.15) is 4.91 Å². The molecule has 0 aliphatic rings. The molecule has 0 saturated carbocycles. The number of nitrogens with zero attached hydrogens (tertiary/aromatic N) is 3. The second-order valence-electron chi connectivity index (χ2n) is 8.10. The molecule has 38 heavy (non-hydrogen) atoms. The SMILES string of the molecule is CC.O=NCc1ccc2nccc(Nc3ccc(C(=O)Nc4cccc(Nc5ccncc5)c4)cc3)c2c1. The van der Waals surface area contributed by atoms with Crippen molar-refractivity contribution in [3.8, 4) is 0 Å². The van der Waals surface area contributed by atoms with Crippen molar-refractivity contribution in [3.05, 3.63) is 120 Å². The molecule has 3 N–H and O–H groups in total. The van der Waals surface area contributed by atoms with Gasteiger partial charge in [-0.25, -0.2) is 0 Å². The first-order valence-corrected chi connectivity index (χ1v) is 12.3. The van der Waals surface area contributed by atoms with E-state index in [0.29, 0.717) is 11.3 Å². The van der Waals surface area contributed by atoms with Crippen molar-refractivity contribution in [1.29, 1.82) is 0 Å². The number of carbonyl (C=O) groups excluding carboxylic acids is 1. The van der Waals surface area contributed by atoms with Crippen LogP contribution in [0, 0.1) is 4.91 Å². The Kier molecular flexibility index (Phi) is 8.70. The zero-order chi connectivity index (χ0) is 26.7. The smallest absolute Gasteiger partial charge is 0.255 e. The number of benzene rings is 3. The summed E-state index contributed by atoms with van der Waals surface area (Å²) in [6.07, 6.45) is 5.15. The average Bonchev–Trinajstić information content (AvgIpc) is 2.96. The number of aromatic nitrogens is 2. The molecular formula is C30H28N6O2. The van der Waals surface area contributed by atoms with Crippen molar-refractivity contribution >= 4 is 45.2 Å². The van der Waals surface area contributed by atoms with Gasteiger partial charge in [0.1, 0.15) is 6.54 Å². The van der Waals surface area contributed by atoms with Crippen LogP contribution in [-0.4, -0.2) is 15.9 Å². The Bertz CT molecular complexity index is 1520. The number of carbonyl (C=O) groups is 1. The summed E-state index contributed by atoms with van der Waals surface area (Å²) in [5, 5.41) is 13.5. The molecule has 0 spiro atoms. The number of anilines is 5. The maximum atomic E-state index is 12.8. The van der Waals surface area contributed by atoms with Crippen LogP contribution in [0.4, 0.5) is 28.4 Å². The lowest BCUT2D eigenvalue weighted by Crippen LogP contribution is -2.11. The highest BCUT2D eigenvalue weighted by atomic mass is 16.3. The van der Waals surface area contributed by atoms with Gasteiger partial charge in [0.25, 0.3) is 5.91 Å². The standard InChI is InChI=1S/C28H22N6O2.C2H6/c35-28(34-24-3-1-2-23(17-24)32-22-10-13-29-14-11-22)20-5-7-21(8-6-20)33-27-12-15-30-26-9-4-19(18-31-36)16-25(26)27;1-2/h1-17H,18H2,(H,29,32)(H,30,33)(H,34,35);1-2H3. The van der Waals surface area contributed by atoms with Gasteiger partial charge in [0.2, 0.25) is 0 Å². The monoisotopic (exact) mass is 504 g/mol. The van der Waals surface area contributed by atoms with Gasteiger partial charge >= 0.3 is 0 Å². The number of amides is 1. The molecule has 2 heterocycles. The van der Waals surface area contributed by atoms with Crippen LogP contribution in [0.25, 0.3) is 10.9 Å². The second kappa shape index (κ2) is 12.7. The maximum Gasteiger partial charge on any atom is 0.255 e. The molecule has 0 unspecified atom stereocenters. The van der Waals surface area contributed by atoms with E-state index in [1.165, 1.54) is 0 Å². The topological polar surface area (TPSA) is 108 Å². The van der Waals surface area contributed by atoms with E-state index in [1.54, 1.807) is 30.7 Å². The Morgan fingerprint density at radius 2 is 1.50 bits per heavy atom. The minimum Gasteiger partial charge on any atom is -0.355 e. The second-order valence-corrected chi connectivity index (χ2v) is 8.10. The number of pyridine rings is 2. The number of hydrogen-bond donors (Lipinski definition) is 3. The van der Waals surface area contributed by atoms with E-state index < -0.39 is 0 Å². The van der Waals surface area contributed by atoms with E-state index in [0.717, 1.165) is 39.2 Å². The average molecular weight is 505 g/mol. The first-order valence-electron chi connectivity index (χ1n) is 12.3. The number of nitrogens with one attached hydrogen (secondary N) is 3. The molecule has 0 fully saturated rings. The van der Waals surface area contributed by atoms with Crippen LogP contribution in [0.5, 0.6) is 0 Å². The third-order valence-electron chi connectivity index (χ3n) is 5.57. The predicted octanol–water partition coefficient (Wildman–Crippen LogP) is 7.66. The predicted molar refractivity (Wildman–Crippen MR) is 154 cm³/mol. The van der Waals surface area contributed by atoms with Crippen LogP contribution in [0.3, 0.4) is 0 Å². The van der Waals surface area contributed by atoms with Crippen molar-refractivity contribution in [2.45, 2.75) is 20.4 Å². The van der Waals surface area contributed by atoms with Gasteiger partial charge in [0.15, 0.2) is 0 Å². The van der Waals surface area contributed by atoms with E-state index >= 15 is 0 Å². The molecule has 8 heteroatoms. The largest absolute Gasteiger partial charge is 0.355 e. The van der Waals surface area contributed by atoms with Crippen molar-refractivity contribution in [3.63, 3.8) is 0 Å². The van der Waals surface area contributed by atoms with E-state index in [4.69, 9.17) is 0 Å². The van der Waals surface area contributed by atoms with Crippen molar-refractivity contribution in [2.75, 3.05) is 16.0 Å². The van der Waals surface area contributed by atoms with Crippen LogP contribution in [0.1, 0.15) is 29.8 Å². The minimum atomic E-state index is -0.206. The summed E-state index contributed by atoms with van der Waals surface area (Å²) in [6, 6.07) is 26.0. The molecular weight excluding hydrogens is 476 g/mol. The Labute approximate surface area is 221 Å². The zero-order valence-corrected chi connectivity index (χ0v) is 21.2. The molecule has 0 saturated heterocycles. The molecule has 5 aromatic rings. The lowest BCUT2D eigenvalue weighted by molar-refractivity contribution is 0.102. The van der Waals surface area contributed by atoms with Gasteiger partial charge in [0, 0.05) is 58.0 Å². The van der Waals surface area contributed by atoms with Crippen LogP contribution < -0.4 is 16.0 Å². The Balaban J connectivity index is 0.00000164. The third kappa shape index (κ3) is 6.55. The fraction of sp³-hybridized carbons (Fsp3) is 0.100. The van der Waals surface area contributed by atoms with Gasteiger partial charge in [-0.1, -0.05) is 31.2 Å². The molecule has 8 nitrogen and oxygen atoms in total. The summed E-state index contributed by atoms with van der Waals surface area (Å²) in [4.78, 5) is 31.9. The molecule has 0 aliphatic heterocycles. The molecule has 2 aromatic heterocycles. The molecule has 0 aliphatic carbocycles. The summed E-state index contributed by atoms with van der Waals surface area (Å²) < 4.78 is 0. The molecule has 5 rings (SSSR count). The first-order chi connectivity index (χ1) is 18.7. The quantitative estimate of drug-likeness (QED) is 0.187. The molecule has 190 valence electrons. The summed E-state index contributed by atoms with van der Waals surface area (Å²) >= 11 is 0. The maximum absolute atomic E-state index is 12.8. The van der Waals surface area contributed by atoms with Crippen LogP contribution in [0.2, 0.25) is 0 Å². The Morgan fingerprint density at radius 3 is 2.26 bits per heavy atom. The summed E-state index contributed by atoms with van der Waals surface area (Å²) in [5.74, 6) is -0.206. The fourth-order valence-corrected chi connectivity index (χ4v) is 3.82. The third-order valence-corrected chi connectivity index (χ3v) is 5.57. The van der Waals surface area contributed by atoms with Crippen LogP contribution in [-0.2, 0) is 6.54 Å². The van der Waals surface area contributed by atoms with E-state index in [1.807, 2.05) is 86.6 Å². The van der Waals surface area contributed by atoms with Gasteiger partial charge in [-0.05, 0) is 78.4 Å². The van der Waals surface area contributed by atoms with E-state index in [2.05, 4.69) is 31.1 Å². The van der Waals surface area contributed by atoms with Gasteiger partial charge in [-0.3, -0.25) is 14.8 Å². The Morgan fingerprint density at radius 1 is 0.763 bits per heavy atom. The number of hydrogen-bond acceptors (Lipinski definition) is 7. The number of nitroso groups, excluding NO2 is 1. The van der Waals surface area contributed by atoms with Gasteiger partial charge < -0.3 is 16.0 Å². The van der Waals surface area contributed by atoms with Gasteiger partial charge in [0.05, 0.1) is 5.52 Å². The lowest BCUT2D eigenvalue weighted by atomic mass is 10.1. The highest BCUT2D eigenvalue weighted by Gasteiger charge is 2.09. The summed E-state index contributed by atoms with van der Waals surface area (Å²) in [7, 11) is 0. The number of rotatable bonds is 8. The van der Waals surface area contributed by atoms with Crippen molar-refractivity contribution in [2.24, 2.45) is 5.18 Å². The first kappa shape index (κ1) is 26.0. The molecule has 0 atom stereocenters. The lowest BCUT2D eigenvalue weighted by Gasteiger charge is -2.12. The molecule has 1 amide bonds. The Hall–Kier alpha value is -5.11. The van der Waals surface area contributed by atoms with Gasteiger partial charge in [-0.15, -0.1) is 0 Å². The van der Waals surface area contributed by atoms with Crippen LogP contribution >= 0.6 is 0 Å². The highest BCUT2D eigenvalue weighted by Crippen LogP contribution is 2.27. The van der Waals surface area contributed by atoms with Crippen LogP contribution in [0.15, 0.2) is 109 Å². The molecule has 0 radical (unpaired) electrons. The number of fused-ring (bicyclic) bond motifs is 1. The van der Waals surface area contributed by atoms with Crippen molar-refractivity contribution < 1.29 is 4.79 Å². The molecule has 3 aromatic carbocycles. The van der Waals surface area contributed by atoms with E-state index in [9.17, 15) is 9.70 Å².